The van der Waals surface area contributed by atoms with Crippen molar-refractivity contribution in [2.75, 3.05) is 13.2 Å². The summed E-state index contributed by atoms with van der Waals surface area (Å²) >= 11 is 0. The Morgan fingerprint density at radius 2 is 2.29 bits per heavy atom. The minimum Gasteiger partial charge on any atom is -0.462 e. The summed E-state index contributed by atoms with van der Waals surface area (Å²) in [7, 11) is 0. The number of aryl methyl sites for hydroxylation is 1. The van der Waals surface area contributed by atoms with Crippen LogP contribution in [0, 0.1) is 11.3 Å². The molecule has 0 spiro atoms. The van der Waals surface area contributed by atoms with Crippen LogP contribution in [0.3, 0.4) is 0 Å². The average molecular weight is 233 g/mol. The first-order valence-corrected chi connectivity index (χ1v) is 5.54. The fourth-order valence-corrected chi connectivity index (χ4v) is 1.52. The van der Waals surface area contributed by atoms with Gasteiger partial charge in [0.25, 0.3) is 0 Å². The molecule has 1 aromatic carbocycles. The SMILES string of the molecule is CCOC(=O)c1ccc(C#N)c(CCCO)c1. The maximum absolute atomic E-state index is 11.5. The van der Waals surface area contributed by atoms with E-state index in [4.69, 9.17) is 15.1 Å². The highest BCUT2D eigenvalue weighted by Crippen LogP contribution is 2.14. The first-order valence-electron chi connectivity index (χ1n) is 5.54. The zero-order chi connectivity index (χ0) is 12.7. The van der Waals surface area contributed by atoms with Gasteiger partial charge in [-0.2, -0.15) is 5.26 Å². The van der Waals surface area contributed by atoms with Crippen LogP contribution < -0.4 is 0 Å². The summed E-state index contributed by atoms with van der Waals surface area (Å²) in [5, 5.41) is 17.7. The van der Waals surface area contributed by atoms with Gasteiger partial charge in [0, 0.05) is 6.61 Å². The summed E-state index contributed by atoms with van der Waals surface area (Å²) < 4.78 is 4.89. The first-order chi connectivity index (χ1) is 8.22. The molecule has 0 atom stereocenters. The van der Waals surface area contributed by atoms with E-state index in [9.17, 15) is 4.79 Å². The van der Waals surface area contributed by atoms with Crippen LogP contribution >= 0.6 is 0 Å². The van der Waals surface area contributed by atoms with Crippen LogP contribution in [0.1, 0.15) is 34.8 Å². The van der Waals surface area contributed by atoms with Crippen molar-refractivity contribution in [3.63, 3.8) is 0 Å². The number of aliphatic hydroxyl groups excluding tert-OH is 1. The van der Waals surface area contributed by atoms with E-state index in [1.54, 1.807) is 25.1 Å². The van der Waals surface area contributed by atoms with Gasteiger partial charge in [-0.25, -0.2) is 4.79 Å². The van der Waals surface area contributed by atoms with Crippen LogP contribution in [0.15, 0.2) is 18.2 Å². The third-order valence-corrected chi connectivity index (χ3v) is 2.34. The van der Waals surface area contributed by atoms with Crippen LogP contribution in [0.25, 0.3) is 0 Å². The van der Waals surface area contributed by atoms with Crippen molar-refractivity contribution < 1.29 is 14.6 Å². The average Bonchev–Trinajstić information content (AvgIpc) is 2.36. The molecule has 0 bridgehead atoms. The summed E-state index contributed by atoms with van der Waals surface area (Å²) in [5.74, 6) is -0.387. The Bertz CT molecular complexity index is 435. The van der Waals surface area contributed by atoms with Crippen LogP contribution in [0.5, 0.6) is 0 Å². The number of hydrogen-bond acceptors (Lipinski definition) is 4. The molecule has 0 aromatic heterocycles. The predicted octanol–water partition coefficient (Wildman–Crippen LogP) is 1.66. The third-order valence-electron chi connectivity index (χ3n) is 2.34. The molecule has 1 aromatic rings. The zero-order valence-corrected chi connectivity index (χ0v) is 9.77. The summed E-state index contributed by atoms with van der Waals surface area (Å²) in [6.07, 6.45) is 1.15. The Morgan fingerprint density at radius 3 is 2.88 bits per heavy atom. The normalized spacial score (nSPS) is 9.71. The largest absolute Gasteiger partial charge is 0.462 e. The molecule has 1 rings (SSSR count). The highest BCUT2D eigenvalue weighted by Gasteiger charge is 2.10. The van der Waals surface area contributed by atoms with E-state index in [1.165, 1.54) is 0 Å². The number of hydrogen-bond donors (Lipinski definition) is 1. The van der Waals surface area contributed by atoms with E-state index in [2.05, 4.69) is 6.07 Å². The molecule has 4 nitrogen and oxygen atoms in total. The number of esters is 1. The van der Waals surface area contributed by atoms with Crippen molar-refractivity contribution in [2.24, 2.45) is 0 Å². The quantitative estimate of drug-likeness (QED) is 0.785. The van der Waals surface area contributed by atoms with Gasteiger partial charge in [0.2, 0.25) is 0 Å². The molecule has 0 saturated heterocycles. The van der Waals surface area contributed by atoms with Crippen molar-refractivity contribution in [1.82, 2.24) is 0 Å². The maximum atomic E-state index is 11.5. The lowest BCUT2D eigenvalue weighted by molar-refractivity contribution is 0.0526. The minimum absolute atomic E-state index is 0.0640. The van der Waals surface area contributed by atoms with Gasteiger partial charge in [-0.3, -0.25) is 0 Å². The highest BCUT2D eigenvalue weighted by molar-refractivity contribution is 5.89. The summed E-state index contributed by atoms with van der Waals surface area (Å²) in [5.41, 5.74) is 1.75. The number of carbonyl (C=O) groups is 1. The monoisotopic (exact) mass is 233 g/mol. The first kappa shape index (κ1) is 13.2. The number of nitrogens with zero attached hydrogens (tertiary/aromatic N) is 1. The van der Waals surface area contributed by atoms with E-state index < -0.39 is 0 Å². The fraction of sp³-hybridized carbons (Fsp3) is 0.385. The Balaban J connectivity index is 2.96. The van der Waals surface area contributed by atoms with E-state index in [0.29, 0.717) is 30.6 Å². The number of rotatable bonds is 5. The molecule has 1 N–H and O–H groups in total. The van der Waals surface area contributed by atoms with Gasteiger partial charge in [0.05, 0.1) is 23.8 Å². The molecular weight excluding hydrogens is 218 g/mol. The Kier molecular flexibility index (Phi) is 5.18. The third kappa shape index (κ3) is 3.58. The fourth-order valence-electron chi connectivity index (χ4n) is 1.52. The van der Waals surface area contributed by atoms with Gasteiger partial charge >= 0.3 is 5.97 Å². The van der Waals surface area contributed by atoms with Crippen molar-refractivity contribution in [3.8, 4) is 6.07 Å². The molecule has 0 aliphatic carbocycles. The lowest BCUT2D eigenvalue weighted by atomic mass is 10.0. The van der Waals surface area contributed by atoms with Crippen LogP contribution in [0.2, 0.25) is 0 Å². The second kappa shape index (κ2) is 6.66. The summed E-state index contributed by atoms with van der Waals surface area (Å²) in [6, 6.07) is 6.92. The molecule has 0 saturated carbocycles. The highest BCUT2D eigenvalue weighted by atomic mass is 16.5. The molecule has 0 radical (unpaired) electrons. The zero-order valence-electron chi connectivity index (χ0n) is 9.77. The summed E-state index contributed by atoms with van der Waals surface area (Å²) in [4.78, 5) is 11.5. The summed E-state index contributed by atoms with van der Waals surface area (Å²) in [6.45, 7) is 2.13. The van der Waals surface area contributed by atoms with Gasteiger partial charge in [0.1, 0.15) is 0 Å². The van der Waals surface area contributed by atoms with Crippen LogP contribution in [-0.2, 0) is 11.2 Å². The van der Waals surface area contributed by atoms with E-state index >= 15 is 0 Å². The molecule has 0 amide bonds. The van der Waals surface area contributed by atoms with Crippen LogP contribution in [0.4, 0.5) is 0 Å². The number of aliphatic hydroxyl groups is 1. The number of benzene rings is 1. The van der Waals surface area contributed by atoms with Crippen molar-refractivity contribution in [3.05, 3.63) is 34.9 Å². The predicted molar refractivity (Wildman–Crippen MR) is 62.5 cm³/mol. The standard InChI is InChI=1S/C13H15NO3/c1-2-17-13(16)11-5-6-12(9-14)10(8-11)4-3-7-15/h5-6,8,15H,2-4,7H2,1H3. The molecule has 90 valence electrons. The molecule has 0 aliphatic rings. The molecule has 0 heterocycles. The Labute approximate surface area is 100 Å². The lowest BCUT2D eigenvalue weighted by Gasteiger charge is -2.06. The molecule has 0 fully saturated rings. The smallest absolute Gasteiger partial charge is 0.338 e. The molecule has 17 heavy (non-hydrogen) atoms. The van der Waals surface area contributed by atoms with Crippen LogP contribution in [-0.4, -0.2) is 24.3 Å². The molecule has 4 heteroatoms. The van der Waals surface area contributed by atoms with Gasteiger partial charge in [0.15, 0.2) is 0 Å². The molecule has 0 unspecified atom stereocenters. The minimum atomic E-state index is -0.387. The Hall–Kier alpha value is -1.86. The lowest BCUT2D eigenvalue weighted by Crippen LogP contribution is -2.06. The number of carbonyl (C=O) groups excluding carboxylic acids is 1. The maximum Gasteiger partial charge on any atom is 0.338 e. The Morgan fingerprint density at radius 1 is 1.53 bits per heavy atom. The van der Waals surface area contributed by atoms with Gasteiger partial charge in [-0.05, 0) is 43.5 Å². The topological polar surface area (TPSA) is 70.3 Å². The number of nitriles is 1. The van der Waals surface area contributed by atoms with Crippen molar-refractivity contribution in [2.45, 2.75) is 19.8 Å². The van der Waals surface area contributed by atoms with Crippen molar-refractivity contribution in [1.29, 1.82) is 5.26 Å². The van der Waals surface area contributed by atoms with Gasteiger partial charge in [-0.1, -0.05) is 0 Å². The number of ether oxygens (including phenoxy) is 1. The van der Waals surface area contributed by atoms with E-state index in [0.717, 1.165) is 5.56 Å². The molecule has 0 aliphatic heterocycles. The van der Waals surface area contributed by atoms with Gasteiger partial charge < -0.3 is 9.84 Å². The second-order valence-electron chi connectivity index (χ2n) is 3.53. The second-order valence-corrected chi connectivity index (χ2v) is 3.53. The molecular formula is C13H15NO3. The van der Waals surface area contributed by atoms with E-state index in [-0.39, 0.29) is 12.6 Å². The van der Waals surface area contributed by atoms with Gasteiger partial charge in [-0.15, -0.1) is 0 Å². The van der Waals surface area contributed by atoms with Crippen molar-refractivity contribution >= 4 is 5.97 Å². The van der Waals surface area contributed by atoms with E-state index in [1.807, 2.05) is 0 Å².